The van der Waals surface area contributed by atoms with Gasteiger partial charge < -0.3 is 39.3 Å². The Bertz CT molecular complexity index is 950. The number of nitrogens with one attached hydrogen (secondary N) is 1. The molecule has 12 nitrogen and oxygen atoms in total. The maximum Gasteiger partial charge on any atom is 0.207 e. The van der Waals surface area contributed by atoms with Gasteiger partial charge in [0.05, 0.1) is 12.7 Å². The third kappa shape index (κ3) is 6.23. The van der Waals surface area contributed by atoms with Crippen molar-refractivity contribution in [1.29, 1.82) is 0 Å². The summed E-state index contributed by atoms with van der Waals surface area (Å²) in [5.74, 6) is 0.789. The van der Waals surface area contributed by atoms with E-state index in [0.29, 0.717) is 36.5 Å². The minimum Gasteiger partial charge on any atom is -0.779 e. The van der Waals surface area contributed by atoms with Crippen molar-refractivity contribution in [2.24, 2.45) is 0 Å². The van der Waals surface area contributed by atoms with Crippen LogP contribution in [-0.2, 0) is 23.4 Å². The molecular weight excluding hydrogens is 439 g/mol. The number of carbonyl (C=O) groups excluding carboxylic acids is 1. The third-order valence-corrected chi connectivity index (χ3v) is 5.90. The Hall–Kier alpha value is -2.11. The van der Waals surface area contributed by atoms with Gasteiger partial charge in [-0.1, -0.05) is 12.8 Å². The molecule has 32 heavy (non-hydrogen) atoms. The zero-order valence-electron chi connectivity index (χ0n) is 18.3. The number of carbonyl (C=O) groups is 1. The lowest BCUT2D eigenvalue weighted by Crippen LogP contribution is -2.28. The number of nitrogen functional groups attached to an aromatic ring is 1. The van der Waals surface area contributed by atoms with Crippen LogP contribution in [0.4, 0.5) is 11.8 Å². The summed E-state index contributed by atoms with van der Waals surface area (Å²) in [6, 6.07) is 0. The van der Waals surface area contributed by atoms with E-state index in [-0.39, 0.29) is 18.5 Å². The first-order valence-corrected chi connectivity index (χ1v) is 12.6. The number of aromatic nitrogens is 4. The number of hydrogen-bond donors (Lipinski definition) is 2. The summed E-state index contributed by atoms with van der Waals surface area (Å²) in [4.78, 5) is 34.8. The van der Waals surface area contributed by atoms with Gasteiger partial charge in [-0.25, -0.2) is 15.0 Å². The standard InChI is InChI=1S/C19H31N6O6P/c1-29-13-10-15(31-14(13)11-30-32(2,27)28)25-18-16(17(20)22-12-23-18)24-19(25)21-8-6-4-3-5-7-9-26/h9,12-15H,3-8,10-11H2,1-2H3,(H,21,24)(H,27,28)(H2,20,22,23)/p-1/t13-,14-,15-/m1/s1. The minimum atomic E-state index is -3.89. The van der Waals surface area contributed by atoms with Crippen LogP contribution in [0.5, 0.6) is 0 Å². The Labute approximate surface area is 186 Å². The number of unbranched alkanes of at least 4 members (excludes halogenated alkanes) is 4. The molecule has 2 aromatic heterocycles. The Balaban J connectivity index is 1.75. The topological polar surface area (TPSA) is 167 Å². The van der Waals surface area contributed by atoms with Gasteiger partial charge in [0.15, 0.2) is 17.0 Å². The van der Waals surface area contributed by atoms with E-state index in [1.165, 1.54) is 6.33 Å². The normalized spacial score (nSPS) is 22.8. The van der Waals surface area contributed by atoms with E-state index in [4.69, 9.17) is 19.7 Å². The van der Waals surface area contributed by atoms with Crippen LogP contribution in [-0.4, -0.2) is 64.9 Å². The number of aldehydes is 1. The number of methoxy groups -OCH3 is 1. The maximum atomic E-state index is 11.4. The molecule has 1 aliphatic heterocycles. The van der Waals surface area contributed by atoms with Gasteiger partial charge in [-0.3, -0.25) is 4.57 Å². The summed E-state index contributed by atoms with van der Waals surface area (Å²) >= 11 is 0. The number of imidazole rings is 1. The molecule has 178 valence electrons. The lowest BCUT2D eigenvalue weighted by atomic mass is 10.1. The fraction of sp³-hybridized carbons (Fsp3) is 0.684. The molecule has 1 fully saturated rings. The molecule has 1 saturated heterocycles. The summed E-state index contributed by atoms with van der Waals surface area (Å²) in [6.45, 7) is 1.55. The first-order chi connectivity index (χ1) is 15.3. The monoisotopic (exact) mass is 469 g/mol. The molecule has 3 N–H and O–H groups in total. The predicted molar refractivity (Wildman–Crippen MR) is 116 cm³/mol. The van der Waals surface area contributed by atoms with Crippen molar-refractivity contribution in [3.8, 4) is 0 Å². The lowest BCUT2D eigenvalue weighted by Gasteiger charge is -2.23. The molecule has 0 spiro atoms. The van der Waals surface area contributed by atoms with Gasteiger partial charge in [-0.15, -0.1) is 0 Å². The molecule has 0 amide bonds. The molecule has 0 saturated carbocycles. The van der Waals surface area contributed by atoms with Crippen LogP contribution in [0.2, 0.25) is 0 Å². The lowest BCUT2D eigenvalue weighted by molar-refractivity contribution is -0.200. The molecule has 0 aliphatic carbocycles. The Morgan fingerprint density at radius 2 is 2.16 bits per heavy atom. The molecule has 1 unspecified atom stereocenters. The zero-order chi connectivity index (χ0) is 23.1. The van der Waals surface area contributed by atoms with Gasteiger partial charge in [0, 0.05) is 33.2 Å². The zero-order valence-corrected chi connectivity index (χ0v) is 19.2. The minimum absolute atomic E-state index is 0.139. The van der Waals surface area contributed by atoms with Crippen LogP contribution >= 0.6 is 7.60 Å². The second-order valence-electron chi connectivity index (χ2n) is 7.74. The number of anilines is 2. The van der Waals surface area contributed by atoms with E-state index in [1.807, 2.05) is 0 Å². The van der Waals surface area contributed by atoms with Gasteiger partial charge in [0.2, 0.25) is 5.95 Å². The van der Waals surface area contributed by atoms with Gasteiger partial charge in [0.1, 0.15) is 32.5 Å². The van der Waals surface area contributed by atoms with E-state index in [9.17, 15) is 14.3 Å². The fourth-order valence-electron chi connectivity index (χ4n) is 3.70. The largest absolute Gasteiger partial charge is 0.779 e. The number of rotatable bonds is 13. The smallest absolute Gasteiger partial charge is 0.207 e. The number of hydrogen-bond acceptors (Lipinski definition) is 11. The van der Waals surface area contributed by atoms with Gasteiger partial charge in [-0.05, 0) is 12.8 Å². The molecule has 0 bridgehead atoms. The van der Waals surface area contributed by atoms with Gasteiger partial charge >= 0.3 is 0 Å². The Morgan fingerprint density at radius 3 is 2.88 bits per heavy atom. The van der Waals surface area contributed by atoms with Crippen molar-refractivity contribution in [1.82, 2.24) is 19.5 Å². The molecule has 3 heterocycles. The summed E-state index contributed by atoms with van der Waals surface area (Å²) in [5, 5.41) is 3.31. The third-order valence-electron chi connectivity index (χ3n) is 5.28. The second kappa shape index (κ2) is 11.2. The van der Waals surface area contributed by atoms with Gasteiger partial charge in [-0.2, -0.15) is 0 Å². The molecular formula is C19H30N6O6P-. The van der Waals surface area contributed by atoms with Crippen LogP contribution in [0.1, 0.15) is 44.8 Å². The highest BCUT2D eigenvalue weighted by Crippen LogP contribution is 2.38. The van der Waals surface area contributed by atoms with E-state index < -0.39 is 19.9 Å². The van der Waals surface area contributed by atoms with E-state index >= 15 is 0 Å². The average molecular weight is 469 g/mol. The van der Waals surface area contributed by atoms with E-state index in [1.54, 1.807) is 11.7 Å². The maximum absolute atomic E-state index is 11.4. The summed E-state index contributed by atoms with van der Waals surface area (Å²) < 4.78 is 29.8. The van der Waals surface area contributed by atoms with Crippen molar-refractivity contribution in [2.45, 2.75) is 57.0 Å². The molecule has 13 heteroatoms. The number of nitrogens with zero attached hydrogens (tertiary/aromatic N) is 4. The van der Waals surface area contributed by atoms with Crippen LogP contribution < -0.4 is 15.9 Å². The van der Waals surface area contributed by atoms with Crippen LogP contribution in [0.15, 0.2) is 6.33 Å². The highest BCUT2D eigenvalue weighted by molar-refractivity contribution is 7.50. The van der Waals surface area contributed by atoms with Crippen molar-refractivity contribution in [3.63, 3.8) is 0 Å². The summed E-state index contributed by atoms with van der Waals surface area (Å²) in [5.41, 5.74) is 6.97. The Morgan fingerprint density at radius 1 is 1.38 bits per heavy atom. The summed E-state index contributed by atoms with van der Waals surface area (Å²) in [6.07, 6.45) is 5.66. The molecule has 0 radical (unpaired) electrons. The predicted octanol–water partition coefficient (Wildman–Crippen LogP) is 1.47. The van der Waals surface area contributed by atoms with Crippen LogP contribution in [0, 0.1) is 0 Å². The number of nitrogens with two attached hydrogens (primary N) is 1. The van der Waals surface area contributed by atoms with Crippen molar-refractivity contribution < 1.29 is 28.3 Å². The fourth-order valence-corrected chi connectivity index (χ4v) is 4.11. The first-order valence-electron chi connectivity index (χ1n) is 10.6. The van der Waals surface area contributed by atoms with Crippen LogP contribution in [0.3, 0.4) is 0 Å². The van der Waals surface area contributed by atoms with Crippen molar-refractivity contribution >= 4 is 36.8 Å². The van der Waals surface area contributed by atoms with E-state index in [2.05, 4.69) is 20.3 Å². The number of fused-ring (bicyclic) bond motifs is 1. The molecule has 2 aromatic rings. The SMILES string of the molecule is CO[C@@H]1C[C@H](n2c(NCCCCCCC=O)nc3c(N)ncnc32)O[C@@H]1COP(C)(=O)[O-]. The highest BCUT2D eigenvalue weighted by Gasteiger charge is 2.39. The average Bonchev–Trinajstić information content (AvgIpc) is 3.32. The van der Waals surface area contributed by atoms with E-state index in [0.717, 1.165) is 38.6 Å². The highest BCUT2D eigenvalue weighted by atomic mass is 31.2. The molecule has 1 aliphatic rings. The first kappa shape index (κ1) is 24.5. The van der Waals surface area contributed by atoms with Gasteiger partial charge in [0.25, 0.3) is 0 Å². The molecule has 0 aromatic carbocycles. The van der Waals surface area contributed by atoms with Crippen LogP contribution in [0.25, 0.3) is 11.2 Å². The number of ether oxygens (including phenoxy) is 2. The van der Waals surface area contributed by atoms with Crippen molar-refractivity contribution in [3.05, 3.63) is 6.33 Å². The summed E-state index contributed by atoms with van der Waals surface area (Å²) in [7, 11) is -2.35. The second-order valence-corrected chi connectivity index (χ2v) is 9.54. The molecule has 3 rings (SSSR count). The quantitative estimate of drug-likeness (QED) is 0.248. The van der Waals surface area contributed by atoms with Crippen molar-refractivity contribution in [2.75, 3.05) is 38.0 Å². The Kier molecular flexibility index (Phi) is 8.55. The molecule has 4 atom stereocenters.